The fourth-order valence-corrected chi connectivity index (χ4v) is 7.80. The summed E-state index contributed by atoms with van der Waals surface area (Å²) in [6.45, 7) is 4.63. The van der Waals surface area contributed by atoms with Gasteiger partial charge in [0.15, 0.2) is 17.5 Å². The molecule has 10 rings (SSSR count). The lowest BCUT2D eigenvalue weighted by molar-refractivity contribution is 0.666. The van der Waals surface area contributed by atoms with Gasteiger partial charge in [0.1, 0.15) is 5.52 Å². The van der Waals surface area contributed by atoms with E-state index in [1.807, 2.05) is 66.9 Å². The third kappa shape index (κ3) is 4.18. The van der Waals surface area contributed by atoms with Crippen LogP contribution in [0, 0.1) is 0 Å². The largest absolute Gasteiger partial charge is 0.275 e. The lowest BCUT2D eigenvalue weighted by atomic mass is 9.81. The van der Waals surface area contributed by atoms with Crippen molar-refractivity contribution in [3.05, 3.63) is 157 Å². The highest BCUT2D eigenvalue weighted by atomic mass is 15.2. The van der Waals surface area contributed by atoms with Gasteiger partial charge in [-0.15, -0.1) is 0 Å². The zero-order valence-electron chi connectivity index (χ0n) is 27.5. The first-order valence-corrected chi connectivity index (χ1v) is 16.9. The highest BCUT2D eigenvalue weighted by Gasteiger charge is 2.38. The van der Waals surface area contributed by atoms with Gasteiger partial charge in [0.25, 0.3) is 0 Å². The summed E-state index contributed by atoms with van der Waals surface area (Å²) in [5.74, 6) is 2.41. The summed E-state index contributed by atoms with van der Waals surface area (Å²) in [5, 5.41) is 3.36. The molecule has 0 fully saturated rings. The Kier molecular flexibility index (Phi) is 6.12. The van der Waals surface area contributed by atoms with Gasteiger partial charge in [0.05, 0.1) is 17.2 Å². The minimum Gasteiger partial charge on any atom is -0.275 e. The second-order valence-corrected chi connectivity index (χ2v) is 13.4. The molecule has 0 atom stereocenters. The Labute approximate surface area is 288 Å². The molecule has 0 unspecified atom stereocenters. The van der Waals surface area contributed by atoms with Crippen molar-refractivity contribution >= 4 is 32.7 Å². The fourth-order valence-electron chi connectivity index (χ4n) is 7.80. The van der Waals surface area contributed by atoms with E-state index in [-0.39, 0.29) is 5.41 Å². The van der Waals surface area contributed by atoms with Gasteiger partial charge in [0, 0.05) is 27.5 Å². The van der Waals surface area contributed by atoms with Crippen LogP contribution in [-0.2, 0) is 5.41 Å². The molecule has 0 saturated carbocycles. The van der Waals surface area contributed by atoms with Crippen molar-refractivity contribution in [3.8, 4) is 51.2 Å². The summed E-state index contributed by atoms with van der Waals surface area (Å²) in [6.07, 6.45) is 1.94. The van der Waals surface area contributed by atoms with Crippen LogP contribution in [0.1, 0.15) is 25.0 Å². The van der Waals surface area contributed by atoms with Gasteiger partial charge >= 0.3 is 0 Å². The van der Waals surface area contributed by atoms with Crippen molar-refractivity contribution in [2.24, 2.45) is 0 Å². The Hall–Kier alpha value is -6.53. The van der Waals surface area contributed by atoms with E-state index < -0.39 is 0 Å². The molecule has 6 nitrogen and oxygen atoms in total. The van der Waals surface area contributed by atoms with Crippen LogP contribution in [0.25, 0.3) is 83.9 Å². The van der Waals surface area contributed by atoms with Gasteiger partial charge in [-0.25, -0.2) is 15.0 Å². The molecule has 3 heterocycles. The third-order valence-corrected chi connectivity index (χ3v) is 10.1. The average Bonchev–Trinajstić information content (AvgIpc) is 3.63. The molecular formula is C44H30N6. The van der Waals surface area contributed by atoms with Crippen LogP contribution >= 0.6 is 0 Å². The third-order valence-electron chi connectivity index (χ3n) is 10.1. The molecule has 236 valence electrons. The van der Waals surface area contributed by atoms with Crippen LogP contribution in [0.5, 0.6) is 0 Å². The topological polar surface area (TPSA) is 69.4 Å². The van der Waals surface area contributed by atoms with Crippen LogP contribution in [0.2, 0.25) is 0 Å². The molecule has 50 heavy (non-hydrogen) atoms. The zero-order valence-corrected chi connectivity index (χ0v) is 27.5. The van der Waals surface area contributed by atoms with Crippen LogP contribution in [0.15, 0.2) is 146 Å². The molecule has 1 aliphatic carbocycles. The van der Waals surface area contributed by atoms with Crippen LogP contribution in [0.3, 0.4) is 0 Å². The van der Waals surface area contributed by atoms with Crippen molar-refractivity contribution in [1.29, 1.82) is 0 Å². The summed E-state index contributed by atoms with van der Waals surface area (Å²) in [5.41, 5.74) is 10.3. The zero-order chi connectivity index (χ0) is 33.4. The van der Waals surface area contributed by atoms with Gasteiger partial charge in [0.2, 0.25) is 5.95 Å². The SMILES string of the molecule is CC1(C)c2ccccc2-c2ccc3c(c21)c1nc(-c2cccc4ccccc24)ncc1n3-c1nc(-c2ccccc2)nc(-c2ccccc2)n1. The number of rotatable bonds is 4. The minimum absolute atomic E-state index is 0.265. The second-order valence-electron chi connectivity index (χ2n) is 13.4. The Morgan fingerprint density at radius 2 is 1.14 bits per heavy atom. The molecule has 0 radical (unpaired) electrons. The van der Waals surface area contributed by atoms with Crippen molar-refractivity contribution < 1.29 is 0 Å². The Morgan fingerprint density at radius 3 is 1.90 bits per heavy atom. The first-order chi connectivity index (χ1) is 24.6. The predicted octanol–water partition coefficient (Wildman–Crippen LogP) is 10.2. The molecule has 0 amide bonds. The summed E-state index contributed by atoms with van der Waals surface area (Å²) >= 11 is 0. The average molecular weight is 643 g/mol. The van der Waals surface area contributed by atoms with E-state index in [1.165, 1.54) is 22.3 Å². The van der Waals surface area contributed by atoms with Crippen LogP contribution in [-0.4, -0.2) is 29.5 Å². The summed E-state index contributed by atoms with van der Waals surface area (Å²) in [4.78, 5) is 25.7. The number of hydrogen-bond donors (Lipinski definition) is 0. The normalized spacial score (nSPS) is 13.2. The summed E-state index contributed by atoms with van der Waals surface area (Å²) in [7, 11) is 0. The van der Waals surface area contributed by atoms with E-state index in [1.54, 1.807) is 0 Å². The number of nitrogens with zero attached hydrogens (tertiary/aromatic N) is 6. The van der Waals surface area contributed by atoms with Crippen LogP contribution in [0.4, 0.5) is 0 Å². The van der Waals surface area contributed by atoms with Crippen molar-refractivity contribution in [3.63, 3.8) is 0 Å². The van der Waals surface area contributed by atoms with Crippen molar-refractivity contribution in [2.75, 3.05) is 0 Å². The van der Waals surface area contributed by atoms with Crippen molar-refractivity contribution in [1.82, 2.24) is 29.5 Å². The summed E-state index contributed by atoms with van der Waals surface area (Å²) < 4.78 is 2.12. The standard InChI is InChI=1S/C44H30N6/c1-44(2)34-23-12-11-21-31(34)32-24-25-35-37(38(32)44)39-36(26-45-42(46-39)33-22-13-19-27-14-9-10-20-30(27)33)50(35)43-48-40(28-15-5-3-6-16-28)47-41(49-43)29-17-7-4-8-18-29/h3-26H,1-2H3. The molecule has 0 saturated heterocycles. The number of benzene rings is 6. The Morgan fingerprint density at radius 1 is 0.500 bits per heavy atom. The van der Waals surface area contributed by atoms with E-state index in [0.29, 0.717) is 23.4 Å². The maximum atomic E-state index is 5.43. The monoisotopic (exact) mass is 642 g/mol. The number of aromatic nitrogens is 6. The maximum Gasteiger partial charge on any atom is 0.238 e. The molecule has 6 aromatic carbocycles. The highest BCUT2D eigenvalue weighted by molar-refractivity contribution is 6.13. The molecule has 9 aromatic rings. The number of fused-ring (bicyclic) bond motifs is 8. The maximum absolute atomic E-state index is 5.43. The number of hydrogen-bond acceptors (Lipinski definition) is 5. The van der Waals surface area contributed by atoms with Gasteiger partial charge < -0.3 is 0 Å². The molecule has 0 spiro atoms. The first-order valence-electron chi connectivity index (χ1n) is 16.9. The minimum atomic E-state index is -0.265. The molecule has 0 bridgehead atoms. The van der Waals surface area contributed by atoms with Gasteiger partial charge in [-0.2, -0.15) is 9.97 Å². The van der Waals surface area contributed by atoms with E-state index >= 15 is 0 Å². The second kappa shape index (κ2) is 10.7. The van der Waals surface area contributed by atoms with E-state index in [0.717, 1.165) is 49.4 Å². The smallest absolute Gasteiger partial charge is 0.238 e. The molecule has 0 N–H and O–H groups in total. The molecule has 0 aliphatic heterocycles. The first kappa shape index (κ1) is 28.5. The molecular weight excluding hydrogens is 613 g/mol. The molecule has 1 aliphatic rings. The lowest BCUT2D eigenvalue weighted by Gasteiger charge is -2.22. The fraction of sp³-hybridized carbons (Fsp3) is 0.0682. The highest BCUT2D eigenvalue weighted by Crippen LogP contribution is 2.53. The summed E-state index contributed by atoms with van der Waals surface area (Å²) in [6, 6.07) is 48.1. The van der Waals surface area contributed by atoms with Gasteiger partial charge in [-0.05, 0) is 39.1 Å². The van der Waals surface area contributed by atoms with E-state index in [4.69, 9.17) is 24.9 Å². The van der Waals surface area contributed by atoms with Crippen LogP contribution < -0.4 is 0 Å². The molecule has 3 aromatic heterocycles. The Balaban J connectivity index is 1.32. The van der Waals surface area contributed by atoms with Gasteiger partial charge in [-0.1, -0.05) is 147 Å². The Bertz CT molecular complexity index is 2720. The lowest BCUT2D eigenvalue weighted by Crippen LogP contribution is -2.15. The quantitative estimate of drug-likeness (QED) is 0.191. The van der Waals surface area contributed by atoms with Gasteiger partial charge in [-0.3, -0.25) is 4.57 Å². The van der Waals surface area contributed by atoms with E-state index in [9.17, 15) is 0 Å². The van der Waals surface area contributed by atoms with Crippen molar-refractivity contribution in [2.45, 2.75) is 19.3 Å². The van der Waals surface area contributed by atoms with E-state index in [2.05, 4.69) is 97.3 Å². The molecule has 6 heteroatoms. The predicted molar refractivity (Wildman–Crippen MR) is 201 cm³/mol.